The lowest BCUT2D eigenvalue weighted by molar-refractivity contribution is 0.0724. The lowest BCUT2D eigenvalue weighted by atomic mass is 10.0. The SMILES string of the molecule is CN=C(NCCCN1CCCCC1C)NCc1ccc(C(=O)N2CCCCC2)cc1.I. The van der Waals surface area contributed by atoms with Gasteiger partial charge in [-0.05, 0) is 69.7 Å². The molecule has 0 spiro atoms. The number of piperidine rings is 2. The van der Waals surface area contributed by atoms with Gasteiger partial charge in [0.05, 0.1) is 0 Å². The highest BCUT2D eigenvalue weighted by Gasteiger charge is 2.18. The van der Waals surface area contributed by atoms with E-state index in [1.807, 2.05) is 36.2 Å². The molecule has 2 N–H and O–H groups in total. The van der Waals surface area contributed by atoms with E-state index in [0.717, 1.165) is 68.6 Å². The standard InChI is InChI=1S/C24H39N5O.HI/c1-20-9-4-7-15-28(20)18-8-14-26-24(25-2)27-19-21-10-12-22(13-11-21)23(30)29-16-5-3-6-17-29;/h10-13,20H,3-9,14-19H2,1-2H3,(H2,25,26,27);1H. The number of benzene rings is 1. The molecule has 0 aliphatic carbocycles. The van der Waals surface area contributed by atoms with Crippen LogP contribution >= 0.6 is 24.0 Å². The third-order valence-electron chi connectivity index (χ3n) is 6.38. The van der Waals surface area contributed by atoms with Gasteiger partial charge in [-0.1, -0.05) is 18.6 Å². The molecule has 3 rings (SSSR count). The highest BCUT2D eigenvalue weighted by atomic mass is 127. The third-order valence-corrected chi connectivity index (χ3v) is 6.38. The lowest BCUT2D eigenvalue weighted by Crippen LogP contribution is -2.41. The van der Waals surface area contributed by atoms with Gasteiger partial charge in [-0.15, -0.1) is 24.0 Å². The molecule has 2 saturated heterocycles. The summed E-state index contributed by atoms with van der Waals surface area (Å²) in [5, 5.41) is 6.79. The summed E-state index contributed by atoms with van der Waals surface area (Å²) in [6.45, 7) is 8.13. The van der Waals surface area contributed by atoms with Gasteiger partial charge in [-0.3, -0.25) is 9.79 Å². The van der Waals surface area contributed by atoms with Crippen LogP contribution in [0.5, 0.6) is 0 Å². The number of rotatable bonds is 7. The minimum atomic E-state index is 0. The molecule has 1 amide bonds. The number of nitrogens with one attached hydrogen (secondary N) is 2. The Kier molecular flexibility index (Phi) is 11.6. The second-order valence-electron chi connectivity index (χ2n) is 8.64. The van der Waals surface area contributed by atoms with Crippen LogP contribution in [0, 0.1) is 0 Å². The molecule has 31 heavy (non-hydrogen) atoms. The molecule has 0 radical (unpaired) electrons. The maximum Gasteiger partial charge on any atom is 0.253 e. The van der Waals surface area contributed by atoms with Gasteiger partial charge in [-0.25, -0.2) is 0 Å². The van der Waals surface area contributed by atoms with E-state index in [1.54, 1.807) is 0 Å². The summed E-state index contributed by atoms with van der Waals surface area (Å²) >= 11 is 0. The van der Waals surface area contributed by atoms with E-state index >= 15 is 0 Å². The first-order valence-electron chi connectivity index (χ1n) is 11.7. The number of halogens is 1. The smallest absolute Gasteiger partial charge is 0.253 e. The van der Waals surface area contributed by atoms with Crippen molar-refractivity contribution < 1.29 is 4.79 Å². The van der Waals surface area contributed by atoms with E-state index < -0.39 is 0 Å². The third kappa shape index (κ3) is 8.25. The molecule has 0 aromatic heterocycles. The topological polar surface area (TPSA) is 60.0 Å². The first kappa shape index (κ1) is 25.9. The Hall–Kier alpha value is -1.35. The van der Waals surface area contributed by atoms with Crippen LogP contribution in [0.2, 0.25) is 0 Å². The van der Waals surface area contributed by atoms with Crippen molar-refractivity contribution in [3.8, 4) is 0 Å². The van der Waals surface area contributed by atoms with Crippen LogP contribution in [0.1, 0.15) is 67.8 Å². The molecule has 6 nitrogen and oxygen atoms in total. The number of likely N-dealkylation sites (tertiary alicyclic amines) is 2. The Morgan fingerprint density at radius 1 is 1.03 bits per heavy atom. The first-order chi connectivity index (χ1) is 14.7. The molecule has 1 unspecified atom stereocenters. The maximum atomic E-state index is 12.6. The number of hydrogen-bond acceptors (Lipinski definition) is 3. The monoisotopic (exact) mass is 541 g/mol. The number of amides is 1. The van der Waals surface area contributed by atoms with Crippen molar-refractivity contribution in [2.45, 2.75) is 64.5 Å². The molecule has 2 heterocycles. The van der Waals surface area contributed by atoms with E-state index in [2.05, 4.69) is 27.4 Å². The molecule has 2 fully saturated rings. The molecule has 0 saturated carbocycles. The van der Waals surface area contributed by atoms with Crippen LogP contribution in [0.3, 0.4) is 0 Å². The molecule has 1 aromatic rings. The van der Waals surface area contributed by atoms with Crippen LogP contribution in [0.25, 0.3) is 0 Å². The van der Waals surface area contributed by atoms with Crippen LogP contribution in [0.15, 0.2) is 29.3 Å². The van der Waals surface area contributed by atoms with Crippen LogP contribution in [0.4, 0.5) is 0 Å². The van der Waals surface area contributed by atoms with Crippen LogP contribution in [-0.4, -0.2) is 67.5 Å². The normalized spacial score (nSPS) is 20.1. The summed E-state index contributed by atoms with van der Waals surface area (Å²) < 4.78 is 0. The number of carbonyl (C=O) groups is 1. The van der Waals surface area contributed by atoms with Crippen molar-refractivity contribution in [1.29, 1.82) is 0 Å². The van der Waals surface area contributed by atoms with Crippen LogP contribution < -0.4 is 10.6 Å². The average Bonchev–Trinajstić information content (AvgIpc) is 2.80. The highest BCUT2D eigenvalue weighted by molar-refractivity contribution is 14.0. The van der Waals surface area contributed by atoms with E-state index in [4.69, 9.17) is 0 Å². The zero-order valence-corrected chi connectivity index (χ0v) is 21.6. The van der Waals surface area contributed by atoms with Gasteiger partial charge >= 0.3 is 0 Å². The summed E-state index contributed by atoms with van der Waals surface area (Å²) in [6, 6.07) is 8.69. The Morgan fingerprint density at radius 3 is 2.42 bits per heavy atom. The number of guanidine groups is 1. The first-order valence-corrected chi connectivity index (χ1v) is 11.7. The van der Waals surface area contributed by atoms with Crippen molar-refractivity contribution in [1.82, 2.24) is 20.4 Å². The van der Waals surface area contributed by atoms with Crippen molar-refractivity contribution in [3.63, 3.8) is 0 Å². The van der Waals surface area contributed by atoms with Gasteiger partial charge in [0, 0.05) is 51.4 Å². The zero-order chi connectivity index (χ0) is 21.2. The summed E-state index contributed by atoms with van der Waals surface area (Å²) in [4.78, 5) is 21.5. The fourth-order valence-electron chi connectivity index (χ4n) is 4.43. The highest BCUT2D eigenvalue weighted by Crippen LogP contribution is 2.16. The fourth-order valence-corrected chi connectivity index (χ4v) is 4.43. The fraction of sp³-hybridized carbons (Fsp3) is 0.667. The van der Waals surface area contributed by atoms with Crippen molar-refractivity contribution in [2.75, 3.05) is 39.8 Å². The summed E-state index contributed by atoms with van der Waals surface area (Å²) in [5.74, 6) is 0.991. The number of carbonyl (C=O) groups excluding carboxylic acids is 1. The predicted molar refractivity (Wildman–Crippen MR) is 139 cm³/mol. The molecule has 174 valence electrons. The van der Waals surface area contributed by atoms with Gasteiger partial charge < -0.3 is 20.4 Å². The van der Waals surface area contributed by atoms with Gasteiger partial charge in [0.1, 0.15) is 0 Å². The quantitative estimate of drug-likeness (QED) is 0.238. The molecule has 1 aromatic carbocycles. The summed E-state index contributed by atoms with van der Waals surface area (Å²) in [7, 11) is 1.81. The number of aliphatic imine (C=N–C) groups is 1. The maximum absolute atomic E-state index is 12.6. The number of hydrogen-bond donors (Lipinski definition) is 2. The molecule has 1 atom stereocenters. The van der Waals surface area contributed by atoms with Crippen molar-refractivity contribution in [2.24, 2.45) is 4.99 Å². The van der Waals surface area contributed by atoms with Gasteiger partial charge in [0.2, 0.25) is 0 Å². The number of nitrogens with zero attached hydrogens (tertiary/aromatic N) is 3. The van der Waals surface area contributed by atoms with Crippen LogP contribution in [-0.2, 0) is 6.54 Å². The molecular formula is C24H40IN5O. The van der Waals surface area contributed by atoms with Gasteiger partial charge in [0.15, 0.2) is 5.96 Å². The molecule has 2 aliphatic heterocycles. The Morgan fingerprint density at radius 2 is 1.74 bits per heavy atom. The zero-order valence-electron chi connectivity index (χ0n) is 19.2. The van der Waals surface area contributed by atoms with E-state index in [-0.39, 0.29) is 29.9 Å². The minimum absolute atomic E-state index is 0. The van der Waals surface area contributed by atoms with Crippen molar-refractivity contribution in [3.05, 3.63) is 35.4 Å². The Bertz CT molecular complexity index is 688. The van der Waals surface area contributed by atoms with Gasteiger partial charge in [0.25, 0.3) is 5.91 Å². The lowest BCUT2D eigenvalue weighted by Gasteiger charge is -2.33. The van der Waals surface area contributed by atoms with E-state index in [1.165, 1.54) is 32.2 Å². The average molecular weight is 542 g/mol. The van der Waals surface area contributed by atoms with Gasteiger partial charge in [-0.2, -0.15) is 0 Å². The molecule has 7 heteroatoms. The molecule has 2 aliphatic rings. The Balaban J connectivity index is 0.00000341. The largest absolute Gasteiger partial charge is 0.356 e. The predicted octanol–water partition coefficient (Wildman–Crippen LogP) is 3.86. The van der Waals surface area contributed by atoms with E-state index in [9.17, 15) is 4.79 Å². The second kappa shape index (κ2) is 13.9. The summed E-state index contributed by atoms with van der Waals surface area (Å²) in [5.41, 5.74) is 1.94. The van der Waals surface area contributed by atoms with E-state index in [0.29, 0.717) is 6.54 Å². The Labute approximate surface area is 205 Å². The van der Waals surface area contributed by atoms with Crippen molar-refractivity contribution >= 4 is 35.8 Å². The second-order valence-corrected chi connectivity index (χ2v) is 8.64. The minimum Gasteiger partial charge on any atom is -0.356 e. The molecular weight excluding hydrogens is 501 g/mol. The summed E-state index contributed by atoms with van der Waals surface area (Å²) in [6.07, 6.45) is 8.65. The molecule has 0 bridgehead atoms.